The zero-order valence-corrected chi connectivity index (χ0v) is 15.4. The van der Waals surface area contributed by atoms with E-state index in [2.05, 4.69) is 12.2 Å². The lowest BCUT2D eigenvalue weighted by Crippen LogP contribution is -2.38. The SMILES string of the molecule is CCCCOc1cc(CN[C@@H](Cc2ccccc2)C(=O)O)ccc1OC. The van der Waals surface area contributed by atoms with E-state index in [9.17, 15) is 9.90 Å². The van der Waals surface area contributed by atoms with Crippen molar-refractivity contribution in [3.8, 4) is 11.5 Å². The number of methoxy groups -OCH3 is 1. The summed E-state index contributed by atoms with van der Waals surface area (Å²) >= 11 is 0. The largest absolute Gasteiger partial charge is 0.493 e. The minimum absolute atomic E-state index is 0.437. The molecular weight excluding hydrogens is 330 g/mol. The summed E-state index contributed by atoms with van der Waals surface area (Å²) in [6.07, 6.45) is 2.47. The van der Waals surface area contributed by atoms with E-state index in [0.717, 1.165) is 24.0 Å². The Hall–Kier alpha value is -2.53. The molecule has 0 radical (unpaired) electrons. The Bertz CT molecular complexity index is 688. The minimum atomic E-state index is -0.859. The Morgan fingerprint density at radius 3 is 2.54 bits per heavy atom. The Morgan fingerprint density at radius 2 is 1.88 bits per heavy atom. The first-order chi connectivity index (χ1) is 12.6. The molecule has 2 N–H and O–H groups in total. The lowest BCUT2D eigenvalue weighted by atomic mass is 10.1. The fourth-order valence-corrected chi connectivity index (χ4v) is 2.61. The Morgan fingerprint density at radius 1 is 1.12 bits per heavy atom. The quantitative estimate of drug-likeness (QED) is 0.601. The molecule has 5 nitrogen and oxygen atoms in total. The molecule has 1 atom stereocenters. The van der Waals surface area contributed by atoms with E-state index in [-0.39, 0.29) is 0 Å². The molecule has 0 aliphatic heterocycles. The normalized spacial score (nSPS) is 11.8. The summed E-state index contributed by atoms with van der Waals surface area (Å²) in [4.78, 5) is 11.6. The summed E-state index contributed by atoms with van der Waals surface area (Å²) in [5, 5.41) is 12.6. The van der Waals surface area contributed by atoms with Crippen molar-refractivity contribution >= 4 is 5.97 Å². The zero-order chi connectivity index (χ0) is 18.8. The van der Waals surface area contributed by atoms with Crippen LogP contribution in [0, 0.1) is 0 Å². The molecule has 0 aliphatic rings. The summed E-state index contributed by atoms with van der Waals surface area (Å²) < 4.78 is 11.1. The standard InChI is InChI=1S/C21H27NO4/c1-3-4-12-26-20-14-17(10-11-19(20)25-2)15-22-18(21(23)24)13-16-8-6-5-7-9-16/h5-11,14,18,22H,3-4,12-13,15H2,1-2H3,(H,23,24)/t18-/m0/s1. The van der Waals surface area contributed by atoms with Crippen LogP contribution in [0.25, 0.3) is 0 Å². The number of carboxylic acids is 1. The van der Waals surface area contributed by atoms with E-state index in [1.165, 1.54) is 0 Å². The molecule has 140 valence electrons. The van der Waals surface area contributed by atoms with Crippen molar-refractivity contribution in [2.75, 3.05) is 13.7 Å². The number of carbonyl (C=O) groups is 1. The maximum atomic E-state index is 11.6. The average Bonchev–Trinajstić information content (AvgIpc) is 2.66. The molecule has 0 spiro atoms. The highest BCUT2D eigenvalue weighted by atomic mass is 16.5. The molecule has 2 aromatic rings. The van der Waals surface area contributed by atoms with Crippen LogP contribution in [0.2, 0.25) is 0 Å². The molecule has 0 amide bonds. The molecule has 5 heteroatoms. The lowest BCUT2D eigenvalue weighted by Gasteiger charge is -2.16. The van der Waals surface area contributed by atoms with Gasteiger partial charge >= 0.3 is 5.97 Å². The number of carboxylic acid groups (broad SMARTS) is 1. The second-order valence-electron chi connectivity index (χ2n) is 6.15. The van der Waals surface area contributed by atoms with Gasteiger partial charge < -0.3 is 19.9 Å². The number of hydrogen-bond donors (Lipinski definition) is 2. The van der Waals surface area contributed by atoms with Crippen LogP contribution in [-0.4, -0.2) is 30.8 Å². The fraction of sp³-hybridized carbons (Fsp3) is 0.381. The van der Waals surface area contributed by atoms with Crippen LogP contribution in [0.4, 0.5) is 0 Å². The van der Waals surface area contributed by atoms with Gasteiger partial charge in [0.2, 0.25) is 0 Å². The first kappa shape index (κ1) is 19.8. The summed E-state index contributed by atoms with van der Waals surface area (Å²) in [6.45, 7) is 3.19. The summed E-state index contributed by atoms with van der Waals surface area (Å²) in [5.41, 5.74) is 1.95. The molecule has 0 bridgehead atoms. The van der Waals surface area contributed by atoms with Crippen molar-refractivity contribution in [2.24, 2.45) is 0 Å². The Kier molecular flexibility index (Phi) is 7.96. The van der Waals surface area contributed by atoms with Crippen LogP contribution in [0.1, 0.15) is 30.9 Å². The topological polar surface area (TPSA) is 67.8 Å². The second kappa shape index (κ2) is 10.5. The maximum Gasteiger partial charge on any atom is 0.321 e. The van der Waals surface area contributed by atoms with Gasteiger partial charge in [-0.25, -0.2) is 0 Å². The number of rotatable bonds is 11. The van der Waals surface area contributed by atoms with Gasteiger partial charge in [0.25, 0.3) is 0 Å². The molecule has 2 rings (SSSR count). The zero-order valence-electron chi connectivity index (χ0n) is 15.4. The van der Waals surface area contributed by atoms with Gasteiger partial charge in [0.15, 0.2) is 11.5 Å². The third-order valence-electron chi connectivity index (χ3n) is 4.12. The lowest BCUT2D eigenvalue weighted by molar-refractivity contribution is -0.139. The fourth-order valence-electron chi connectivity index (χ4n) is 2.61. The minimum Gasteiger partial charge on any atom is -0.493 e. The summed E-state index contributed by atoms with van der Waals surface area (Å²) in [6, 6.07) is 14.6. The van der Waals surface area contributed by atoms with Crippen molar-refractivity contribution in [1.82, 2.24) is 5.32 Å². The van der Waals surface area contributed by atoms with Gasteiger partial charge in [-0.2, -0.15) is 0 Å². The van der Waals surface area contributed by atoms with Gasteiger partial charge in [-0.05, 0) is 36.1 Å². The van der Waals surface area contributed by atoms with Crippen molar-refractivity contribution in [1.29, 1.82) is 0 Å². The van der Waals surface area contributed by atoms with Crippen LogP contribution in [0.3, 0.4) is 0 Å². The van der Waals surface area contributed by atoms with E-state index in [1.807, 2.05) is 48.5 Å². The molecule has 0 unspecified atom stereocenters. The number of nitrogens with one attached hydrogen (secondary N) is 1. The summed E-state index contributed by atoms with van der Waals surface area (Å²) in [7, 11) is 1.61. The van der Waals surface area contributed by atoms with Crippen molar-refractivity contribution < 1.29 is 19.4 Å². The Balaban J connectivity index is 2.01. The van der Waals surface area contributed by atoms with Crippen molar-refractivity contribution in [3.63, 3.8) is 0 Å². The summed E-state index contributed by atoms with van der Waals surface area (Å²) in [5.74, 6) is 0.515. The van der Waals surface area contributed by atoms with Gasteiger partial charge in [0.05, 0.1) is 13.7 Å². The van der Waals surface area contributed by atoms with Crippen molar-refractivity contribution in [3.05, 3.63) is 59.7 Å². The van der Waals surface area contributed by atoms with Gasteiger partial charge in [0, 0.05) is 6.54 Å². The van der Waals surface area contributed by atoms with Gasteiger partial charge in [-0.15, -0.1) is 0 Å². The third-order valence-corrected chi connectivity index (χ3v) is 4.12. The number of benzene rings is 2. The van der Waals surface area contributed by atoms with Crippen molar-refractivity contribution in [2.45, 2.75) is 38.8 Å². The smallest absolute Gasteiger partial charge is 0.321 e. The number of hydrogen-bond acceptors (Lipinski definition) is 4. The first-order valence-corrected chi connectivity index (χ1v) is 8.93. The van der Waals surface area contributed by atoms with E-state index in [0.29, 0.717) is 31.1 Å². The number of unbranched alkanes of at least 4 members (excludes halogenated alkanes) is 1. The molecule has 0 fully saturated rings. The molecular formula is C21H27NO4. The molecule has 0 saturated heterocycles. The predicted molar refractivity (Wildman–Crippen MR) is 102 cm³/mol. The highest BCUT2D eigenvalue weighted by molar-refractivity contribution is 5.73. The van der Waals surface area contributed by atoms with Gasteiger partial charge in [0.1, 0.15) is 6.04 Å². The number of aliphatic carboxylic acids is 1. The van der Waals surface area contributed by atoms with Crippen LogP contribution < -0.4 is 14.8 Å². The van der Waals surface area contributed by atoms with Gasteiger partial charge in [-0.3, -0.25) is 4.79 Å². The average molecular weight is 357 g/mol. The molecule has 2 aromatic carbocycles. The molecule has 0 aliphatic carbocycles. The number of ether oxygens (including phenoxy) is 2. The Labute approximate surface area is 155 Å². The molecule has 26 heavy (non-hydrogen) atoms. The first-order valence-electron chi connectivity index (χ1n) is 8.93. The predicted octanol–water partition coefficient (Wildman–Crippen LogP) is 3.66. The van der Waals surface area contributed by atoms with Crippen LogP contribution in [-0.2, 0) is 17.8 Å². The van der Waals surface area contributed by atoms with Gasteiger partial charge in [-0.1, -0.05) is 49.7 Å². The van der Waals surface area contributed by atoms with Crippen LogP contribution >= 0.6 is 0 Å². The van der Waals surface area contributed by atoms with E-state index in [4.69, 9.17) is 9.47 Å². The molecule has 0 heterocycles. The maximum absolute atomic E-state index is 11.6. The monoisotopic (exact) mass is 357 g/mol. The van der Waals surface area contributed by atoms with E-state index in [1.54, 1.807) is 7.11 Å². The third kappa shape index (κ3) is 6.08. The highest BCUT2D eigenvalue weighted by Gasteiger charge is 2.17. The molecule has 0 saturated carbocycles. The molecule has 0 aromatic heterocycles. The van der Waals surface area contributed by atoms with E-state index >= 15 is 0 Å². The van der Waals surface area contributed by atoms with Crippen LogP contribution in [0.5, 0.6) is 11.5 Å². The van der Waals surface area contributed by atoms with E-state index < -0.39 is 12.0 Å². The highest BCUT2D eigenvalue weighted by Crippen LogP contribution is 2.28. The van der Waals surface area contributed by atoms with Crippen LogP contribution in [0.15, 0.2) is 48.5 Å². The second-order valence-corrected chi connectivity index (χ2v) is 6.15.